The molecule has 0 bridgehead atoms. The molecule has 0 saturated heterocycles. The zero-order valence-electron chi connectivity index (χ0n) is 16.9. The molecule has 0 fully saturated rings. The van der Waals surface area contributed by atoms with Crippen LogP contribution in [0.3, 0.4) is 0 Å². The number of aryl methyl sites for hydroxylation is 2. The van der Waals surface area contributed by atoms with Crippen molar-refractivity contribution in [2.24, 2.45) is 0 Å². The third-order valence-electron chi connectivity index (χ3n) is 4.58. The Morgan fingerprint density at radius 1 is 1.03 bits per heavy atom. The highest BCUT2D eigenvalue weighted by Gasteiger charge is 2.11. The van der Waals surface area contributed by atoms with Crippen molar-refractivity contribution in [3.63, 3.8) is 0 Å². The number of rotatable bonds is 8. The van der Waals surface area contributed by atoms with E-state index in [9.17, 15) is 4.79 Å². The van der Waals surface area contributed by atoms with Crippen LogP contribution in [0.5, 0.6) is 17.2 Å². The quantitative estimate of drug-likeness (QED) is 0.623. The first-order chi connectivity index (χ1) is 14.0. The molecule has 0 unspecified atom stereocenters. The van der Waals surface area contributed by atoms with E-state index in [0.29, 0.717) is 36.0 Å². The van der Waals surface area contributed by atoms with Crippen molar-refractivity contribution in [3.8, 4) is 17.2 Å². The monoisotopic (exact) mass is 396 g/mol. The van der Waals surface area contributed by atoms with Gasteiger partial charge in [0.15, 0.2) is 11.5 Å². The van der Waals surface area contributed by atoms with E-state index in [1.165, 1.54) is 0 Å². The molecule has 3 rings (SSSR count). The smallest absolute Gasteiger partial charge is 0.251 e. The SMILES string of the molecule is COc1ccc(CNC(=O)c2ccc(OCc3c(C)noc3C)cc2)cc1OC. The molecule has 1 amide bonds. The number of methoxy groups -OCH3 is 2. The molecule has 1 N–H and O–H groups in total. The Morgan fingerprint density at radius 2 is 1.76 bits per heavy atom. The van der Waals surface area contributed by atoms with Crippen LogP contribution in [-0.2, 0) is 13.2 Å². The van der Waals surface area contributed by atoms with E-state index in [1.807, 2.05) is 32.0 Å². The van der Waals surface area contributed by atoms with E-state index < -0.39 is 0 Å². The summed E-state index contributed by atoms with van der Waals surface area (Å²) < 4.78 is 21.4. The summed E-state index contributed by atoms with van der Waals surface area (Å²) in [6.07, 6.45) is 0. The van der Waals surface area contributed by atoms with Crippen LogP contribution >= 0.6 is 0 Å². The average molecular weight is 396 g/mol. The van der Waals surface area contributed by atoms with Gasteiger partial charge >= 0.3 is 0 Å². The molecule has 1 aromatic heterocycles. The minimum absolute atomic E-state index is 0.169. The summed E-state index contributed by atoms with van der Waals surface area (Å²) in [5.41, 5.74) is 3.21. The van der Waals surface area contributed by atoms with Crippen LogP contribution in [0.4, 0.5) is 0 Å². The summed E-state index contributed by atoms with van der Waals surface area (Å²) in [6, 6.07) is 12.5. The molecule has 0 aliphatic rings. The molecule has 2 aromatic carbocycles. The topological polar surface area (TPSA) is 82.8 Å². The first kappa shape index (κ1) is 20.3. The molecule has 152 valence electrons. The Kier molecular flexibility index (Phi) is 6.39. The van der Waals surface area contributed by atoms with Gasteiger partial charge in [-0.2, -0.15) is 0 Å². The molecule has 0 saturated carbocycles. The Hall–Kier alpha value is -3.48. The zero-order chi connectivity index (χ0) is 20.8. The van der Waals surface area contributed by atoms with Gasteiger partial charge in [-0.05, 0) is 55.8 Å². The third kappa shape index (κ3) is 4.87. The normalized spacial score (nSPS) is 10.5. The second-order valence-corrected chi connectivity index (χ2v) is 6.49. The molecule has 0 atom stereocenters. The van der Waals surface area contributed by atoms with Crippen molar-refractivity contribution >= 4 is 5.91 Å². The summed E-state index contributed by atoms with van der Waals surface area (Å²) in [5, 5.41) is 6.80. The minimum atomic E-state index is -0.169. The summed E-state index contributed by atoms with van der Waals surface area (Å²) >= 11 is 0. The molecule has 7 nitrogen and oxygen atoms in total. The number of aromatic nitrogens is 1. The molecule has 29 heavy (non-hydrogen) atoms. The van der Waals surface area contributed by atoms with Crippen molar-refractivity contribution < 1.29 is 23.5 Å². The second kappa shape index (κ2) is 9.14. The lowest BCUT2D eigenvalue weighted by Crippen LogP contribution is -2.22. The van der Waals surface area contributed by atoms with Gasteiger partial charge in [-0.15, -0.1) is 0 Å². The van der Waals surface area contributed by atoms with Gasteiger partial charge in [-0.25, -0.2) is 0 Å². The standard InChI is InChI=1S/C22H24N2O5/c1-14-19(15(2)29-24-14)13-28-18-8-6-17(7-9-18)22(25)23-12-16-5-10-20(26-3)21(11-16)27-4/h5-11H,12-13H2,1-4H3,(H,23,25). The molecule has 0 radical (unpaired) electrons. The number of nitrogens with one attached hydrogen (secondary N) is 1. The van der Waals surface area contributed by atoms with Gasteiger partial charge in [-0.3, -0.25) is 4.79 Å². The second-order valence-electron chi connectivity index (χ2n) is 6.49. The number of carbonyl (C=O) groups excluding carboxylic acids is 1. The number of hydrogen-bond acceptors (Lipinski definition) is 6. The van der Waals surface area contributed by atoms with E-state index >= 15 is 0 Å². The Balaban J connectivity index is 1.56. The molecule has 1 heterocycles. The molecule has 0 aliphatic carbocycles. The summed E-state index contributed by atoms with van der Waals surface area (Å²) in [6.45, 7) is 4.47. The first-order valence-corrected chi connectivity index (χ1v) is 9.15. The molecular formula is C22H24N2O5. The van der Waals surface area contributed by atoms with Crippen molar-refractivity contribution in [1.82, 2.24) is 10.5 Å². The van der Waals surface area contributed by atoms with E-state index in [2.05, 4.69) is 10.5 Å². The van der Waals surface area contributed by atoms with Crippen LogP contribution in [-0.4, -0.2) is 25.3 Å². The van der Waals surface area contributed by atoms with Crippen molar-refractivity contribution in [2.45, 2.75) is 27.0 Å². The lowest BCUT2D eigenvalue weighted by molar-refractivity contribution is 0.0951. The van der Waals surface area contributed by atoms with Gasteiger partial charge in [0.05, 0.1) is 25.5 Å². The minimum Gasteiger partial charge on any atom is -0.493 e. The van der Waals surface area contributed by atoms with Crippen LogP contribution in [0.1, 0.15) is 32.9 Å². The van der Waals surface area contributed by atoms with Crippen molar-refractivity contribution in [3.05, 3.63) is 70.6 Å². The molecular weight excluding hydrogens is 372 g/mol. The third-order valence-corrected chi connectivity index (χ3v) is 4.58. The Morgan fingerprint density at radius 3 is 2.38 bits per heavy atom. The Labute approximate surface area is 169 Å². The van der Waals surface area contributed by atoms with Crippen LogP contribution in [0.15, 0.2) is 47.0 Å². The summed E-state index contributed by atoms with van der Waals surface area (Å²) in [5.74, 6) is 2.51. The fourth-order valence-electron chi connectivity index (χ4n) is 2.84. The number of nitrogens with zero attached hydrogens (tertiary/aromatic N) is 1. The molecule has 7 heteroatoms. The van der Waals surface area contributed by atoms with Crippen molar-refractivity contribution in [2.75, 3.05) is 14.2 Å². The van der Waals surface area contributed by atoms with Gasteiger partial charge in [-0.1, -0.05) is 11.2 Å². The molecule has 0 aliphatic heterocycles. The van der Waals surface area contributed by atoms with E-state index in [-0.39, 0.29) is 5.91 Å². The maximum absolute atomic E-state index is 12.4. The Bertz CT molecular complexity index is 960. The largest absolute Gasteiger partial charge is 0.493 e. The highest BCUT2D eigenvalue weighted by atomic mass is 16.5. The van der Waals surface area contributed by atoms with Gasteiger partial charge < -0.3 is 24.1 Å². The maximum Gasteiger partial charge on any atom is 0.251 e. The van der Waals surface area contributed by atoms with Crippen LogP contribution in [0.25, 0.3) is 0 Å². The summed E-state index contributed by atoms with van der Waals surface area (Å²) in [4.78, 5) is 12.4. The highest BCUT2D eigenvalue weighted by molar-refractivity contribution is 5.94. The number of ether oxygens (including phenoxy) is 3. The zero-order valence-corrected chi connectivity index (χ0v) is 16.9. The van der Waals surface area contributed by atoms with Gasteiger partial charge in [0.25, 0.3) is 5.91 Å². The average Bonchev–Trinajstić information content (AvgIpc) is 3.07. The van der Waals surface area contributed by atoms with E-state index in [1.54, 1.807) is 38.5 Å². The number of carbonyl (C=O) groups is 1. The summed E-state index contributed by atoms with van der Waals surface area (Å²) in [7, 11) is 3.16. The van der Waals surface area contributed by atoms with E-state index in [4.69, 9.17) is 18.7 Å². The predicted octanol–water partition coefficient (Wildman–Crippen LogP) is 3.82. The maximum atomic E-state index is 12.4. The van der Waals surface area contributed by atoms with Gasteiger partial charge in [0.1, 0.15) is 18.1 Å². The van der Waals surface area contributed by atoms with Crippen LogP contribution < -0.4 is 19.5 Å². The lowest BCUT2D eigenvalue weighted by atomic mass is 10.1. The van der Waals surface area contributed by atoms with Gasteiger partial charge in [0.2, 0.25) is 0 Å². The number of hydrogen-bond donors (Lipinski definition) is 1. The van der Waals surface area contributed by atoms with Crippen molar-refractivity contribution in [1.29, 1.82) is 0 Å². The van der Waals surface area contributed by atoms with Gasteiger partial charge in [0, 0.05) is 12.1 Å². The van der Waals surface area contributed by atoms with Crippen LogP contribution in [0, 0.1) is 13.8 Å². The predicted molar refractivity (Wildman–Crippen MR) is 107 cm³/mol. The fraction of sp³-hybridized carbons (Fsp3) is 0.273. The highest BCUT2D eigenvalue weighted by Crippen LogP contribution is 2.27. The van der Waals surface area contributed by atoms with E-state index in [0.717, 1.165) is 22.6 Å². The van der Waals surface area contributed by atoms with Crippen LogP contribution in [0.2, 0.25) is 0 Å². The first-order valence-electron chi connectivity index (χ1n) is 9.15. The fourth-order valence-corrected chi connectivity index (χ4v) is 2.84. The number of amides is 1. The molecule has 3 aromatic rings. The lowest BCUT2D eigenvalue weighted by Gasteiger charge is -2.11. The number of benzene rings is 2. The molecule has 0 spiro atoms.